The van der Waals surface area contributed by atoms with Crippen LogP contribution < -0.4 is 0 Å². The summed E-state index contributed by atoms with van der Waals surface area (Å²) in [6.07, 6.45) is 2.70. The largest absolute Gasteiger partial charge is 0.445 e. The molecule has 0 aromatic heterocycles. The topological polar surface area (TPSA) is 62.3 Å². The zero-order valence-electron chi connectivity index (χ0n) is 22.2. The van der Waals surface area contributed by atoms with Gasteiger partial charge in [0.25, 0.3) is 0 Å². The molecule has 7 nitrogen and oxygen atoms in total. The lowest BCUT2D eigenvalue weighted by Gasteiger charge is -2.55. The van der Waals surface area contributed by atoms with Gasteiger partial charge < -0.3 is 19.3 Å². The van der Waals surface area contributed by atoms with Gasteiger partial charge in [-0.1, -0.05) is 44.2 Å². The van der Waals surface area contributed by atoms with Gasteiger partial charge in [0.15, 0.2) is 0 Å². The third-order valence-corrected chi connectivity index (χ3v) is 7.76. The van der Waals surface area contributed by atoms with Gasteiger partial charge in [-0.05, 0) is 57.4 Å². The van der Waals surface area contributed by atoms with Gasteiger partial charge in [0.1, 0.15) is 12.2 Å². The third-order valence-electron chi connectivity index (χ3n) is 7.76. The molecule has 7 heteroatoms. The Kier molecular flexibility index (Phi) is 7.65. The monoisotopic (exact) mass is 485 g/mol. The first kappa shape index (κ1) is 25.8. The Morgan fingerprint density at radius 3 is 2.23 bits per heavy atom. The number of benzene rings is 1. The zero-order valence-corrected chi connectivity index (χ0v) is 22.2. The zero-order chi connectivity index (χ0) is 25.2. The maximum Gasteiger partial charge on any atom is 0.410 e. The van der Waals surface area contributed by atoms with Crippen LogP contribution in [0.15, 0.2) is 30.3 Å². The van der Waals surface area contributed by atoms with Gasteiger partial charge >= 0.3 is 12.2 Å². The number of amides is 2. The number of hydrogen-bond donors (Lipinski definition) is 0. The van der Waals surface area contributed by atoms with Gasteiger partial charge in [-0.3, -0.25) is 4.90 Å². The van der Waals surface area contributed by atoms with Crippen molar-refractivity contribution >= 4 is 12.2 Å². The highest BCUT2D eigenvalue weighted by Crippen LogP contribution is 2.44. The molecule has 194 valence electrons. The fourth-order valence-electron chi connectivity index (χ4n) is 6.20. The lowest BCUT2D eigenvalue weighted by Crippen LogP contribution is -2.64. The van der Waals surface area contributed by atoms with Crippen LogP contribution in [0.2, 0.25) is 0 Å². The molecule has 0 N–H and O–H groups in total. The molecule has 1 aromatic rings. The molecule has 2 amide bonds. The second-order valence-electron chi connectivity index (χ2n) is 12.2. The fourth-order valence-corrected chi connectivity index (χ4v) is 6.20. The minimum atomic E-state index is -0.455. The van der Waals surface area contributed by atoms with Crippen molar-refractivity contribution in [2.45, 2.75) is 72.1 Å². The molecule has 1 atom stereocenters. The Hall–Kier alpha value is -2.28. The number of likely N-dealkylation sites (tertiary alicyclic amines) is 3. The third kappa shape index (κ3) is 6.29. The van der Waals surface area contributed by atoms with Crippen LogP contribution in [0.3, 0.4) is 0 Å². The van der Waals surface area contributed by atoms with Crippen LogP contribution in [0.1, 0.15) is 59.4 Å². The second kappa shape index (κ2) is 10.4. The van der Waals surface area contributed by atoms with Crippen LogP contribution in [0.5, 0.6) is 0 Å². The molecular formula is C28H43N3O4. The van der Waals surface area contributed by atoms with Gasteiger partial charge in [-0.2, -0.15) is 0 Å². The Balaban J connectivity index is 1.25. The van der Waals surface area contributed by atoms with Crippen molar-refractivity contribution in [3.8, 4) is 0 Å². The van der Waals surface area contributed by atoms with Crippen LogP contribution in [-0.2, 0) is 16.1 Å². The summed E-state index contributed by atoms with van der Waals surface area (Å²) in [4.78, 5) is 31.5. The lowest BCUT2D eigenvalue weighted by atomic mass is 9.73. The number of ether oxygens (including phenoxy) is 2. The van der Waals surface area contributed by atoms with E-state index in [4.69, 9.17) is 9.47 Å². The Morgan fingerprint density at radius 2 is 1.63 bits per heavy atom. The highest BCUT2D eigenvalue weighted by Gasteiger charge is 2.52. The van der Waals surface area contributed by atoms with Crippen molar-refractivity contribution in [1.82, 2.24) is 14.7 Å². The van der Waals surface area contributed by atoms with Gasteiger partial charge in [0.2, 0.25) is 0 Å². The summed E-state index contributed by atoms with van der Waals surface area (Å²) in [7, 11) is 0. The van der Waals surface area contributed by atoms with Crippen LogP contribution >= 0.6 is 0 Å². The van der Waals surface area contributed by atoms with Crippen LogP contribution in [0, 0.1) is 17.3 Å². The SMILES string of the molecule is CC(C)C(C1CCN(C(=O)OC(C)(C)C)CC1)N1CC2(CCN(C(=O)OCc3ccccc3)C2)C1. The lowest BCUT2D eigenvalue weighted by molar-refractivity contribution is -0.0656. The molecule has 1 unspecified atom stereocenters. The summed E-state index contributed by atoms with van der Waals surface area (Å²) in [6, 6.07) is 10.4. The molecule has 0 saturated carbocycles. The maximum absolute atomic E-state index is 12.6. The first-order chi connectivity index (χ1) is 16.6. The molecule has 4 rings (SSSR count). The number of carbonyl (C=O) groups excluding carboxylic acids is 2. The number of piperidine rings is 1. The van der Waals surface area contributed by atoms with E-state index in [-0.39, 0.29) is 17.6 Å². The highest BCUT2D eigenvalue weighted by molar-refractivity contribution is 5.68. The summed E-state index contributed by atoms with van der Waals surface area (Å²) < 4.78 is 11.1. The van der Waals surface area contributed by atoms with E-state index in [1.54, 1.807) is 0 Å². The number of rotatable bonds is 5. The van der Waals surface area contributed by atoms with Crippen molar-refractivity contribution in [3.05, 3.63) is 35.9 Å². The van der Waals surface area contributed by atoms with E-state index in [1.807, 2.05) is 60.9 Å². The van der Waals surface area contributed by atoms with E-state index in [9.17, 15) is 9.59 Å². The molecule has 1 aromatic carbocycles. The molecule has 35 heavy (non-hydrogen) atoms. The molecule has 0 radical (unpaired) electrons. The molecular weight excluding hydrogens is 442 g/mol. The fraction of sp³-hybridized carbons (Fsp3) is 0.714. The van der Waals surface area contributed by atoms with E-state index in [0.717, 1.165) is 64.1 Å². The van der Waals surface area contributed by atoms with Crippen molar-refractivity contribution in [2.24, 2.45) is 17.3 Å². The van der Waals surface area contributed by atoms with E-state index in [2.05, 4.69) is 18.7 Å². The van der Waals surface area contributed by atoms with Gasteiger partial charge in [0, 0.05) is 50.7 Å². The first-order valence-corrected chi connectivity index (χ1v) is 13.2. The molecule has 1 spiro atoms. The molecule has 0 bridgehead atoms. The summed E-state index contributed by atoms with van der Waals surface area (Å²) in [5.41, 5.74) is 0.765. The van der Waals surface area contributed by atoms with Crippen LogP contribution in [-0.4, -0.2) is 77.8 Å². The average Bonchev–Trinajstić information content (AvgIpc) is 3.23. The van der Waals surface area contributed by atoms with Crippen LogP contribution in [0.25, 0.3) is 0 Å². The number of carbonyl (C=O) groups is 2. The van der Waals surface area contributed by atoms with Crippen molar-refractivity contribution in [1.29, 1.82) is 0 Å². The maximum atomic E-state index is 12.6. The summed E-state index contributed by atoms with van der Waals surface area (Å²) in [5, 5.41) is 0. The van der Waals surface area contributed by atoms with Crippen molar-refractivity contribution in [2.75, 3.05) is 39.3 Å². The number of hydrogen-bond acceptors (Lipinski definition) is 5. The quantitative estimate of drug-likeness (QED) is 0.587. The highest BCUT2D eigenvalue weighted by atomic mass is 16.6. The smallest absolute Gasteiger partial charge is 0.410 e. The Labute approximate surface area is 210 Å². The molecule has 3 heterocycles. The molecule has 0 aliphatic carbocycles. The Morgan fingerprint density at radius 1 is 0.971 bits per heavy atom. The average molecular weight is 486 g/mol. The molecule has 3 saturated heterocycles. The summed E-state index contributed by atoms with van der Waals surface area (Å²) in [5.74, 6) is 1.14. The van der Waals surface area contributed by atoms with E-state index in [0.29, 0.717) is 24.5 Å². The van der Waals surface area contributed by atoms with E-state index >= 15 is 0 Å². The number of nitrogens with zero attached hydrogens (tertiary/aromatic N) is 3. The van der Waals surface area contributed by atoms with Gasteiger partial charge in [-0.25, -0.2) is 9.59 Å². The van der Waals surface area contributed by atoms with Crippen LogP contribution in [0.4, 0.5) is 9.59 Å². The predicted octanol–water partition coefficient (Wildman–Crippen LogP) is 5.00. The predicted molar refractivity (Wildman–Crippen MR) is 136 cm³/mol. The van der Waals surface area contributed by atoms with Gasteiger partial charge in [0.05, 0.1) is 0 Å². The normalized spacial score (nSPS) is 21.8. The molecule has 3 aliphatic rings. The van der Waals surface area contributed by atoms with Gasteiger partial charge in [-0.15, -0.1) is 0 Å². The van der Waals surface area contributed by atoms with E-state index < -0.39 is 5.60 Å². The first-order valence-electron chi connectivity index (χ1n) is 13.2. The molecule has 3 aliphatic heterocycles. The summed E-state index contributed by atoms with van der Waals surface area (Å²) in [6.45, 7) is 15.9. The minimum absolute atomic E-state index is 0.190. The van der Waals surface area contributed by atoms with E-state index in [1.165, 1.54) is 0 Å². The van der Waals surface area contributed by atoms with Crippen molar-refractivity contribution < 1.29 is 19.1 Å². The minimum Gasteiger partial charge on any atom is -0.445 e. The Bertz CT molecular complexity index is 868. The summed E-state index contributed by atoms with van der Waals surface area (Å²) >= 11 is 0. The second-order valence-corrected chi connectivity index (χ2v) is 12.2. The standard InChI is InChI=1S/C28H43N3O4/c1-21(2)24(23-11-14-29(15-12-23)26(33)35-27(3,4)5)31-19-28(20-31)13-16-30(18-28)25(32)34-17-22-9-7-6-8-10-22/h6-10,21,23-24H,11-20H2,1-5H3. The molecule has 3 fully saturated rings. The van der Waals surface area contributed by atoms with Crippen molar-refractivity contribution in [3.63, 3.8) is 0 Å².